The molecule has 0 aromatic carbocycles. The second-order valence-corrected chi connectivity index (χ2v) is 4.80. The summed E-state index contributed by atoms with van der Waals surface area (Å²) in [7, 11) is 0. The third kappa shape index (κ3) is 5.22. The Morgan fingerprint density at radius 1 is 1.00 bits per heavy atom. The third-order valence-electron chi connectivity index (χ3n) is 3.48. The molecule has 0 amide bonds. The van der Waals surface area contributed by atoms with Gasteiger partial charge in [0.1, 0.15) is 0 Å². The van der Waals surface area contributed by atoms with Crippen molar-refractivity contribution in [2.45, 2.75) is 34.2 Å². The van der Waals surface area contributed by atoms with Crippen LogP contribution in [0.5, 0.6) is 0 Å². The van der Waals surface area contributed by atoms with E-state index in [1.54, 1.807) is 0 Å². The zero-order valence-corrected chi connectivity index (χ0v) is 13.7. The van der Waals surface area contributed by atoms with Crippen LogP contribution in [-0.2, 0) is 16.0 Å². The van der Waals surface area contributed by atoms with E-state index in [2.05, 4.69) is 15.1 Å². The molecule has 2 N–H and O–H groups in total. The van der Waals surface area contributed by atoms with Crippen LogP contribution >= 0.6 is 0 Å². The summed E-state index contributed by atoms with van der Waals surface area (Å²) in [5.41, 5.74) is 9.00. The molecule has 0 aliphatic heterocycles. The summed E-state index contributed by atoms with van der Waals surface area (Å²) in [5.74, 6) is 0.847. The molecule has 0 unspecified atom stereocenters. The molecule has 1 heterocycles. The minimum Gasteiger partial charge on any atom is -0.380 e. The van der Waals surface area contributed by atoms with Gasteiger partial charge < -0.3 is 20.1 Å². The van der Waals surface area contributed by atoms with Crippen molar-refractivity contribution in [3.63, 3.8) is 0 Å². The number of rotatable bonds is 10. The zero-order valence-electron chi connectivity index (χ0n) is 13.7. The molecule has 0 atom stereocenters. The molecule has 120 valence electrons. The van der Waals surface area contributed by atoms with E-state index in [1.165, 1.54) is 0 Å². The summed E-state index contributed by atoms with van der Waals surface area (Å²) in [4.78, 5) is 2.15. The van der Waals surface area contributed by atoms with E-state index in [1.807, 2.05) is 27.7 Å². The second-order valence-electron chi connectivity index (χ2n) is 4.80. The highest BCUT2D eigenvalue weighted by Crippen LogP contribution is 2.21. The summed E-state index contributed by atoms with van der Waals surface area (Å²) in [6, 6.07) is 0. The number of aryl methyl sites for hydroxylation is 1. The first-order valence-corrected chi connectivity index (χ1v) is 7.58. The van der Waals surface area contributed by atoms with E-state index in [9.17, 15) is 0 Å². The van der Waals surface area contributed by atoms with Crippen molar-refractivity contribution in [3.8, 4) is 0 Å². The van der Waals surface area contributed by atoms with Crippen molar-refractivity contribution in [1.29, 1.82) is 0 Å². The molecule has 21 heavy (non-hydrogen) atoms. The predicted octanol–water partition coefficient (Wildman–Crippen LogP) is 1.43. The number of ether oxygens (including phenoxy) is 2. The van der Waals surface area contributed by atoms with Crippen molar-refractivity contribution >= 4 is 5.82 Å². The average Bonchev–Trinajstić information content (AvgIpc) is 2.49. The van der Waals surface area contributed by atoms with Gasteiger partial charge in [-0.1, -0.05) is 0 Å². The summed E-state index contributed by atoms with van der Waals surface area (Å²) in [5, 5.41) is 8.59. The molecular weight excluding hydrogens is 268 g/mol. The molecule has 0 bridgehead atoms. The van der Waals surface area contributed by atoms with Crippen LogP contribution in [-0.4, -0.2) is 49.7 Å². The van der Waals surface area contributed by atoms with E-state index >= 15 is 0 Å². The highest BCUT2D eigenvalue weighted by molar-refractivity contribution is 5.50. The number of nitrogens with two attached hydrogens (primary N) is 1. The highest BCUT2D eigenvalue weighted by Gasteiger charge is 2.16. The van der Waals surface area contributed by atoms with Crippen LogP contribution in [0.3, 0.4) is 0 Å². The lowest BCUT2D eigenvalue weighted by molar-refractivity contribution is 0.141. The Morgan fingerprint density at radius 3 is 2.05 bits per heavy atom. The number of hydrogen-bond acceptors (Lipinski definition) is 6. The predicted molar refractivity (Wildman–Crippen MR) is 84.6 cm³/mol. The van der Waals surface area contributed by atoms with Gasteiger partial charge in [0.05, 0.1) is 18.9 Å². The summed E-state index contributed by atoms with van der Waals surface area (Å²) in [6.07, 6.45) is 0. The van der Waals surface area contributed by atoms with E-state index in [0.29, 0.717) is 33.0 Å². The first-order valence-electron chi connectivity index (χ1n) is 7.58. The van der Waals surface area contributed by atoms with Gasteiger partial charge in [0.2, 0.25) is 0 Å². The Morgan fingerprint density at radius 2 is 1.57 bits per heavy atom. The lowest BCUT2D eigenvalue weighted by Gasteiger charge is -2.26. The summed E-state index contributed by atoms with van der Waals surface area (Å²) in [6.45, 7) is 12.7. The molecule has 1 aromatic rings. The molecule has 1 rings (SSSR count). The maximum absolute atomic E-state index is 5.91. The van der Waals surface area contributed by atoms with Gasteiger partial charge in [-0.3, -0.25) is 0 Å². The molecule has 6 heteroatoms. The van der Waals surface area contributed by atoms with Gasteiger partial charge in [0, 0.05) is 38.4 Å². The summed E-state index contributed by atoms with van der Waals surface area (Å²) < 4.78 is 10.9. The Labute approximate surface area is 127 Å². The largest absolute Gasteiger partial charge is 0.380 e. The van der Waals surface area contributed by atoms with Crippen LogP contribution in [0.15, 0.2) is 0 Å². The van der Waals surface area contributed by atoms with Crippen LogP contribution < -0.4 is 10.6 Å². The minimum absolute atomic E-state index is 0.456. The van der Waals surface area contributed by atoms with Crippen molar-refractivity contribution < 1.29 is 9.47 Å². The van der Waals surface area contributed by atoms with E-state index in [0.717, 1.165) is 35.7 Å². The van der Waals surface area contributed by atoms with E-state index < -0.39 is 0 Å². The Balaban J connectivity index is 2.92. The molecule has 0 spiro atoms. The number of nitrogens with zero attached hydrogens (tertiary/aromatic N) is 3. The van der Waals surface area contributed by atoms with Crippen LogP contribution in [0.1, 0.15) is 30.7 Å². The standard InChI is InChI=1S/C15H28N4O2/c1-5-20-9-7-19(8-10-21-6-2)15-14(11-16)12(3)13(4)17-18-15/h5-11,16H2,1-4H3. The maximum Gasteiger partial charge on any atom is 0.156 e. The average molecular weight is 296 g/mol. The molecule has 0 aliphatic rings. The topological polar surface area (TPSA) is 73.5 Å². The molecule has 0 aliphatic carbocycles. The van der Waals surface area contributed by atoms with Crippen LogP contribution in [0.25, 0.3) is 0 Å². The van der Waals surface area contributed by atoms with E-state index in [4.69, 9.17) is 15.2 Å². The van der Waals surface area contributed by atoms with Crippen LogP contribution in [0.4, 0.5) is 5.82 Å². The van der Waals surface area contributed by atoms with Gasteiger partial charge in [-0.25, -0.2) is 0 Å². The lowest BCUT2D eigenvalue weighted by atomic mass is 10.1. The molecule has 0 saturated heterocycles. The fourth-order valence-corrected chi connectivity index (χ4v) is 2.10. The number of aromatic nitrogens is 2. The van der Waals surface area contributed by atoms with Gasteiger partial charge in [0.25, 0.3) is 0 Å². The number of anilines is 1. The fourth-order valence-electron chi connectivity index (χ4n) is 2.10. The molecule has 0 saturated carbocycles. The highest BCUT2D eigenvalue weighted by atomic mass is 16.5. The third-order valence-corrected chi connectivity index (χ3v) is 3.48. The van der Waals surface area contributed by atoms with Crippen molar-refractivity contribution in [3.05, 3.63) is 16.8 Å². The van der Waals surface area contributed by atoms with Gasteiger partial charge in [0.15, 0.2) is 5.82 Å². The molecular formula is C15H28N4O2. The molecule has 0 fully saturated rings. The monoisotopic (exact) mass is 296 g/mol. The fraction of sp³-hybridized carbons (Fsp3) is 0.733. The minimum atomic E-state index is 0.456. The van der Waals surface area contributed by atoms with Gasteiger partial charge in [-0.15, -0.1) is 5.10 Å². The van der Waals surface area contributed by atoms with Crippen LogP contribution in [0.2, 0.25) is 0 Å². The lowest BCUT2D eigenvalue weighted by Crippen LogP contribution is -2.33. The maximum atomic E-state index is 5.91. The van der Waals surface area contributed by atoms with E-state index in [-0.39, 0.29) is 0 Å². The number of hydrogen-bond donors (Lipinski definition) is 1. The molecule has 0 radical (unpaired) electrons. The Bertz CT molecular complexity index is 416. The van der Waals surface area contributed by atoms with Gasteiger partial charge >= 0.3 is 0 Å². The van der Waals surface area contributed by atoms with Crippen molar-refractivity contribution in [2.24, 2.45) is 5.73 Å². The Kier molecular flexibility index (Phi) is 8.19. The second kappa shape index (κ2) is 9.65. The zero-order chi connectivity index (χ0) is 15.7. The Hall–Kier alpha value is -1.24. The smallest absolute Gasteiger partial charge is 0.156 e. The normalized spacial score (nSPS) is 10.9. The molecule has 6 nitrogen and oxygen atoms in total. The van der Waals surface area contributed by atoms with Crippen LogP contribution in [0, 0.1) is 13.8 Å². The summed E-state index contributed by atoms with van der Waals surface area (Å²) >= 11 is 0. The SMILES string of the molecule is CCOCCN(CCOCC)c1nnc(C)c(C)c1CN. The van der Waals surface area contributed by atoms with Gasteiger partial charge in [-0.2, -0.15) is 5.10 Å². The van der Waals surface area contributed by atoms with Crippen molar-refractivity contribution in [1.82, 2.24) is 10.2 Å². The first kappa shape index (κ1) is 17.8. The van der Waals surface area contributed by atoms with Gasteiger partial charge in [-0.05, 0) is 33.3 Å². The quantitative estimate of drug-likeness (QED) is 0.659. The first-order chi connectivity index (χ1) is 10.2. The molecule has 1 aromatic heterocycles. The van der Waals surface area contributed by atoms with Crippen molar-refractivity contribution in [2.75, 3.05) is 44.4 Å².